The highest BCUT2D eigenvalue weighted by atomic mass is 16.6. The maximum atomic E-state index is 12.1. The lowest BCUT2D eigenvalue weighted by Gasteiger charge is -2.08. The highest BCUT2D eigenvalue weighted by molar-refractivity contribution is 5.91. The minimum absolute atomic E-state index is 0.0548. The van der Waals surface area contributed by atoms with Crippen molar-refractivity contribution in [2.24, 2.45) is 0 Å². The van der Waals surface area contributed by atoms with E-state index in [-0.39, 0.29) is 23.7 Å². The first kappa shape index (κ1) is 18.3. The molecule has 0 spiro atoms. The Balaban J connectivity index is 2.05. The third kappa shape index (κ3) is 4.98. The lowest BCUT2D eigenvalue weighted by molar-refractivity contribution is -0.384. The molecule has 0 unspecified atom stereocenters. The fourth-order valence-electron chi connectivity index (χ4n) is 1.95. The van der Waals surface area contributed by atoms with Crippen LogP contribution in [0, 0.1) is 10.1 Å². The Morgan fingerprint density at radius 2 is 2.12 bits per heavy atom. The number of nitrogens with zero attached hydrogens (tertiary/aromatic N) is 3. The smallest absolute Gasteiger partial charge is 0.338 e. The SMILES string of the molecule is CCc1nnc(COC(=O)c2ccc(NCCOC)c([N+](=O)[O-])c2)o1. The summed E-state index contributed by atoms with van der Waals surface area (Å²) in [5.74, 6) is -0.117. The number of rotatable bonds is 9. The molecule has 1 aromatic heterocycles. The molecule has 0 aliphatic rings. The van der Waals surface area contributed by atoms with Gasteiger partial charge in [0, 0.05) is 26.1 Å². The van der Waals surface area contributed by atoms with Crippen molar-refractivity contribution >= 4 is 17.3 Å². The van der Waals surface area contributed by atoms with Gasteiger partial charge in [0.25, 0.3) is 11.6 Å². The molecule has 2 aromatic rings. The van der Waals surface area contributed by atoms with Crippen molar-refractivity contribution in [1.82, 2.24) is 10.2 Å². The van der Waals surface area contributed by atoms with Crippen LogP contribution in [0.15, 0.2) is 22.6 Å². The van der Waals surface area contributed by atoms with Crippen LogP contribution in [0.5, 0.6) is 0 Å². The number of ether oxygens (including phenoxy) is 2. The summed E-state index contributed by atoms with van der Waals surface area (Å²) in [7, 11) is 1.53. The highest BCUT2D eigenvalue weighted by Crippen LogP contribution is 2.26. The first-order valence-corrected chi connectivity index (χ1v) is 7.54. The second-order valence-corrected chi connectivity index (χ2v) is 4.93. The van der Waals surface area contributed by atoms with Crippen LogP contribution in [0.2, 0.25) is 0 Å². The van der Waals surface area contributed by atoms with Crippen molar-refractivity contribution in [2.45, 2.75) is 20.0 Å². The Morgan fingerprint density at radius 3 is 2.76 bits per heavy atom. The van der Waals surface area contributed by atoms with E-state index in [2.05, 4.69) is 15.5 Å². The summed E-state index contributed by atoms with van der Waals surface area (Å²) < 4.78 is 15.2. The molecular formula is C15H18N4O6. The molecular weight excluding hydrogens is 332 g/mol. The molecule has 134 valence electrons. The number of methoxy groups -OCH3 is 1. The summed E-state index contributed by atoms with van der Waals surface area (Å²) >= 11 is 0. The fraction of sp³-hybridized carbons (Fsp3) is 0.400. The van der Waals surface area contributed by atoms with Gasteiger partial charge in [0.05, 0.1) is 17.1 Å². The molecule has 1 N–H and O–H groups in total. The third-order valence-electron chi connectivity index (χ3n) is 3.19. The van der Waals surface area contributed by atoms with E-state index in [4.69, 9.17) is 13.9 Å². The van der Waals surface area contributed by atoms with E-state index >= 15 is 0 Å². The maximum Gasteiger partial charge on any atom is 0.338 e. The van der Waals surface area contributed by atoms with Gasteiger partial charge in [-0.25, -0.2) is 4.79 Å². The normalized spacial score (nSPS) is 10.5. The quantitative estimate of drug-likeness (QED) is 0.312. The largest absolute Gasteiger partial charge is 0.452 e. The lowest BCUT2D eigenvalue weighted by Crippen LogP contribution is -2.11. The zero-order valence-electron chi connectivity index (χ0n) is 13.9. The lowest BCUT2D eigenvalue weighted by atomic mass is 10.1. The molecule has 0 saturated carbocycles. The number of nitrogens with one attached hydrogen (secondary N) is 1. The predicted molar refractivity (Wildman–Crippen MR) is 86.3 cm³/mol. The van der Waals surface area contributed by atoms with Crippen molar-refractivity contribution in [3.05, 3.63) is 45.7 Å². The molecule has 0 fully saturated rings. The summed E-state index contributed by atoms with van der Waals surface area (Å²) in [6.45, 7) is 2.45. The van der Waals surface area contributed by atoms with Gasteiger partial charge in [-0.1, -0.05) is 6.92 Å². The molecule has 0 aliphatic carbocycles. The van der Waals surface area contributed by atoms with Crippen LogP contribution < -0.4 is 5.32 Å². The first-order chi connectivity index (χ1) is 12.0. The van der Waals surface area contributed by atoms with Gasteiger partial charge in [-0.2, -0.15) is 0 Å². The molecule has 0 saturated heterocycles. The van der Waals surface area contributed by atoms with Crippen LogP contribution in [0.4, 0.5) is 11.4 Å². The maximum absolute atomic E-state index is 12.1. The predicted octanol–water partition coefficient (Wildman–Crippen LogP) is 1.96. The second-order valence-electron chi connectivity index (χ2n) is 4.93. The standard InChI is InChI=1S/C15H18N4O6/c1-3-13-17-18-14(25-13)9-24-15(20)10-4-5-11(16-6-7-23-2)12(8-10)19(21)22/h4-5,8,16H,3,6-7,9H2,1-2H3. The van der Waals surface area contributed by atoms with Gasteiger partial charge in [0.2, 0.25) is 5.89 Å². The Kier molecular flexibility index (Phi) is 6.40. The van der Waals surface area contributed by atoms with E-state index in [1.54, 1.807) is 0 Å². The fourth-order valence-corrected chi connectivity index (χ4v) is 1.95. The number of carbonyl (C=O) groups excluding carboxylic acids is 1. The number of esters is 1. The summed E-state index contributed by atoms with van der Waals surface area (Å²) in [5.41, 5.74) is 0.124. The number of anilines is 1. The minimum Gasteiger partial charge on any atom is -0.452 e. The molecule has 0 aliphatic heterocycles. The van der Waals surface area contributed by atoms with Gasteiger partial charge in [-0.05, 0) is 12.1 Å². The molecule has 25 heavy (non-hydrogen) atoms. The van der Waals surface area contributed by atoms with Crippen molar-refractivity contribution in [3.63, 3.8) is 0 Å². The van der Waals surface area contributed by atoms with Gasteiger partial charge in [0.1, 0.15) is 5.69 Å². The van der Waals surface area contributed by atoms with E-state index in [9.17, 15) is 14.9 Å². The van der Waals surface area contributed by atoms with Crippen LogP contribution in [0.1, 0.15) is 29.1 Å². The van der Waals surface area contributed by atoms with E-state index in [1.807, 2.05) is 6.92 Å². The molecule has 2 rings (SSSR count). The number of aryl methyl sites for hydroxylation is 1. The van der Waals surface area contributed by atoms with Crippen LogP contribution in [0.25, 0.3) is 0 Å². The van der Waals surface area contributed by atoms with Gasteiger partial charge in [-0.15, -0.1) is 10.2 Å². The third-order valence-corrected chi connectivity index (χ3v) is 3.19. The molecule has 0 amide bonds. The summed E-state index contributed by atoms with van der Waals surface area (Å²) in [6, 6.07) is 4.05. The van der Waals surface area contributed by atoms with Gasteiger partial charge < -0.3 is 19.2 Å². The van der Waals surface area contributed by atoms with Crippen molar-refractivity contribution < 1.29 is 23.6 Å². The number of hydrogen-bond acceptors (Lipinski definition) is 9. The highest BCUT2D eigenvalue weighted by Gasteiger charge is 2.19. The second kappa shape index (κ2) is 8.73. The van der Waals surface area contributed by atoms with E-state index in [0.717, 1.165) is 6.07 Å². The summed E-state index contributed by atoms with van der Waals surface area (Å²) in [4.78, 5) is 22.7. The Hall–Kier alpha value is -3.01. The number of nitro benzene ring substituents is 1. The van der Waals surface area contributed by atoms with Crippen molar-refractivity contribution in [2.75, 3.05) is 25.6 Å². The van der Waals surface area contributed by atoms with Crippen LogP contribution in [0.3, 0.4) is 0 Å². The molecule has 10 heteroatoms. The molecule has 1 aromatic carbocycles. The number of hydrogen-bond donors (Lipinski definition) is 1. The Bertz CT molecular complexity index is 745. The number of aromatic nitrogens is 2. The van der Waals surface area contributed by atoms with Gasteiger partial charge >= 0.3 is 5.97 Å². The Labute approximate surface area is 143 Å². The van der Waals surface area contributed by atoms with E-state index in [1.165, 1.54) is 19.2 Å². The van der Waals surface area contributed by atoms with E-state index in [0.29, 0.717) is 31.2 Å². The van der Waals surface area contributed by atoms with Crippen LogP contribution in [-0.2, 0) is 22.5 Å². The summed E-state index contributed by atoms with van der Waals surface area (Å²) in [6.07, 6.45) is 0.574. The molecule has 0 atom stereocenters. The molecule has 0 radical (unpaired) electrons. The van der Waals surface area contributed by atoms with Crippen LogP contribution in [-0.4, -0.2) is 41.4 Å². The zero-order chi connectivity index (χ0) is 18.2. The van der Waals surface area contributed by atoms with Gasteiger partial charge in [0.15, 0.2) is 6.61 Å². The summed E-state index contributed by atoms with van der Waals surface area (Å²) in [5, 5.41) is 21.6. The topological polar surface area (TPSA) is 130 Å². The Morgan fingerprint density at radius 1 is 1.36 bits per heavy atom. The average molecular weight is 350 g/mol. The minimum atomic E-state index is -0.720. The number of carbonyl (C=O) groups is 1. The molecule has 10 nitrogen and oxygen atoms in total. The number of benzene rings is 1. The molecule has 1 heterocycles. The molecule has 0 bridgehead atoms. The monoisotopic (exact) mass is 350 g/mol. The zero-order valence-corrected chi connectivity index (χ0v) is 13.9. The average Bonchev–Trinajstić information content (AvgIpc) is 3.08. The van der Waals surface area contributed by atoms with Crippen molar-refractivity contribution in [1.29, 1.82) is 0 Å². The van der Waals surface area contributed by atoms with Gasteiger partial charge in [-0.3, -0.25) is 10.1 Å². The van der Waals surface area contributed by atoms with Crippen LogP contribution >= 0.6 is 0 Å². The number of nitro groups is 1. The van der Waals surface area contributed by atoms with Crippen molar-refractivity contribution in [3.8, 4) is 0 Å². The van der Waals surface area contributed by atoms with E-state index < -0.39 is 10.9 Å². The first-order valence-electron chi connectivity index (χ1n) is 7.54.